The number of aldehydes is 1. The fourth-order valence-corrected chi connectivity index (χ4v) is 10.5. The Labute approximate surface area is 245 Å². The highest BCUT2D eigenvalue weighted by molar-refractivity contribution is 5.89. The zero-order valence-corrected chi connectivity index (χ0v) is 25.3. The average Bonchev–Trinajstić information content (AvgIpc) is 3.71. The third-order valence-electron chi connectivity index (χ3n) is 12.5. The molecule has 3 aliphatic carbocycles. The van der Waals surface area contributed by atoms with Crippen LogP contribution < -0.4 is 0 Å². The summed E-state index contributed by atoms with van der Waals surface area (Å²) in [6, 6.07) is 1.75. The highest BCUT2D eigenvalue weighted by Gasteiger charge is 2.87. The van der Waals surface area contributed by atoms with Gasteiger partial charge in [-0.3, -0.25) is 4.79 Å². The molecule has 0 amide bonds. The van der Waals surface area contributed by atoms with Crippen molar-refractivity contribution >= 4 is 18.0 Å². The standard InChI is InChI=1S/C32H42O10/c1-8-16(2)26(36)41-25-22-23-28(3,15-40-22)21(38-7)12-19(34)30(23,5)24-27(37)42-32(31(24,25)6)20(35)11-18(29(32,4)14-33)17-9-10-39-13-17/h8-10,13-14,18,20-25,27,35,37H,11-12,15H2,1-7H3/b16-8+/t18-,20-,21+,22+,23-,24-,25+,27?,28+,29-,30-,31-,32+/m0/s1. The lowest BCUT2D eigenvalue weighted by atomic mass is 9.38. The van der Waals surface area contributed by atoms with Gasteiger partial charge in [0, 0.05) is 53.1 Å². The van der Waals surface area contributed by atoms with Gasteiger partial charge in [-0.2, -0.15) is 0 Å². The molecule has 13 atom stereocenters. The van der Waals surface area contributed by atoms with Gasteiger partial charge in [-0.25, -0.2) is 4.79 Å². The van der Waals surface area contributed by atoms with E-state index in [1.165, 1.54) is 12.5 Å². The van der Waals surface area contributed by atoms with Gasteiger partial charge in [-0.15, -0.1) is 0 Å². The number of aliphatic hydroxyl groups excluding tert-OH is 2. The molecule has 5 fully saturated rings. The van der Waals surface area contributed by atoms with E-state index < -0.39 is 81.7 Å². The molecule has 1 aromatic heterocycles. The summed E-state index contributed by atoms with van der Waals surface area (Å²) in [4.78, 5) is 41.1. The van der Waals surface area contributed by atoms with Crippen LogP contribution in [0, 0.1) is 33.5 Å². The molecule has 1 aromatic rings. The lowest BCUT2D eigenvalue weighted by molar-refractivity contribution is -0.258. The highest BCUT2D eigenvalue weighted by Crippen LogP contribution is 2.77. The first kappa shape index (κ1) is 29.7. The van der Waals surface area contributed by atoms with E-state index in [9.17, 15) is 24.6 Å². The monoisotopic (exact) mass is 586 g/mol. The maximum atomic E-state index is 14.3. The number of hydrogen-bond acceptors (Lipinski definition) is 10. The molecule has 2 aliphatic heterocycles. The van der Waals surface area contributed by atoms with E-state index in [0.717, 1.165) is 6.29 Å². The van der Waals surface area contributed by atoms with Crippen molar-refractivity contribution in [1.82, 2.24) is 0 Å². The van der Waals surface area contributed by atoms with E-state index in [0.29, 0.717) is 11.1 Å². The van der Waals surface area contributed by atoms with Gasteiger partial charge in [0.2, 0.25) is 0 Å². The number of ketones is 1. The van der Waals surface area contributed by atoms with Gasteiger partial charge in [0.25, 0.3) is 0 Å². The molecule has 3 saturated carbocycles. The minimum Gasteiger partial charge on any atom is -0.472 e. The van der Waals surface area contributed by atoms with Gasteiger partial charge in [0.1, 0.15) is 23.8 Å². The van der Waals surface area contributed by atoms with E-state index >= 15 is 0 Å². The molecule has 5 aliphatic rings. The first-order chi connectivity index (χ1) is 19.7. The number of furan rings is 1. The maximum Gasteiger partial charge on any atom is 0.333 e. The van der Waals surface area contributed by atoms with Crippen molar-refractivity contribution in [2.45, 2.75) is 96.6 Å². The SMILES string of the molecule is C/C=C(\C)C(=O)O[C@@H]1[C@@H]2OC[C@]3(C)[C@H](OC)CC(=O)[C@@](C)([C@@H]23)[C@@H]2C(O)O[C@@]3([C@@H](O)C[C@@H](c4ccoc4)[C@]3(C)C=O)[C@]12C. The molecule has 10 heteroatoms. The number of Topliss-reactive ketones (excluding diaryl/α,β-unsaturated/α-hetero) is 1. The van der Waals surface area contributed by atoms with Crippen LogP contribution in [0.1, 0.15) is 65.9 Å². The Hall–Kier alpha value is -2.37. The fourth-order valence-electron chi connectivity index (χ4n) is 10.5. The largest absolute Gasteiger partial charge is 0.472 e. The molecule has 1 spiro atoms. The zero-order valence-electron chi connectivity index (χ0n) is 25.3. The summed E-state index contributed by atoms with van der Waals surface area (Å²) in [5.74, 6) is -2.70. The Bertz CT molecular complexity index is 1320. The van der Waals surface area contributed by atoms with Gasteiger partial charge < -0.3 is 38.4 Å². The first-order valence-corrected chi connectivity index (χ1v) is 14.8. The quantitative estimate of drug-likeness (QED) is 0.300. The molecule has 230 valence electrons. The second-order valence-corrected chi connectivity index (χ2v) is 14.0. The van der Waals surface area contributed by atoms with E-state index in [1.54, 1.807) is 46.9 Å². The van der Waals surface area contributed by atoms with Gasteiger partial charge in [0.15, 0.2) is 6.29 Å². The van der Waals surface area contributed by atoms with Gasteiger partial charge >= 0.3 is 5.97 Å². The summed E-state index contributed by atoms with van der Waals surface area (Å²) in [5.41, 5.74) is -5.39. The number of esters is 1. The minimum absolute atomic E-state index is 0.107. The summed E-state index contributed by atoms with van der Waals surface area (Å²) in [5, 5.41) is 24.0. The number of fused-ring (bicyclic) bond motifs is 3. The second kappa shape index (κ2) is 9.32. The van der Waals surface area contributed by atoms with Crippen molar-refractivity contribution < 1.29 is 48.0 Å². The third kappa shape index (κ3) is 3.15. The van der Waals surface area contributed by atoms with Crippen LogP contribution in [0.2, 0.25) is 0 Å². The van der Waals surface area contributed by atoms with E-state index in [-0.39, 0.29) is 25.2 Å². The topological polar surface area (TPSA) is 142 Å². The first-order valence-electron chi connectivity index (χ1n) is 14.8. The van der Waals surface area contributed by atoms with Crippen molar-refractivity contribution in [3.8, 4) is 0 Å². The van der Waals surface area contributed by atoms with Crippen LogP contribution in [-0.4, -0.2) is 78.3 Å². The normalized spacial score (nSPS) is 51.5. The number of aliphatic hydroxyl groups is 2. The summed E-state index contributed by atoms with van der Waals surface area (Å²) >= 11 is 0. The Balaban J connectivity index is 1.63. The minimum atomic E-state index is -1.75. The van der Waals surface area contributed by atoms with Crippen LogP contribution >= 0.6 is 0 Å². The van der Waals surface area contributed by atoms with Crippen LogP contribution in [0.3, 0.4) is 0 Å². The third-order valence-corrected chi connectivity index (χ3v) is 12.5. The highest BCUT2D eigenvalue weighted by atomic mass is 16.6. The maximum absolute atomic E-state index is 14.3. The molecule has 2 N–H and O–H groups in total. The second-order valence-electron chi connectivity index (χ2n) is 14.0. The molecular weight excluding hydrogens is 544 g/mol. The number of methoxy groups -OCH3 is 1. The molecular formula is C32H42O10. The molecule has 42 heavy (non-hydrogen) atoms. The Morgan fingerprint density at radius 3 is 2.48 bits per heavy atom. The average molecular weight is 587 g/mol. The van der Waals surface area contributed by atoms with Crippen molar-refractivity contribution in [2.75, 3.05) is 13.7 Å². The van der Waals surface area contributed by atoms with Crippen LogP contribution in [0.25, 0.3) is 0 Å². The lowest BCUT2D eigenvalue weighted by Crippen LogP contribution is -2.76. The Morgan fingerprint density at radius 1 is 1.17 bits per heavy atom. The molecule has 0 radical (unpaired) electrons. The predicted octanol–water partition coefficient (Wildman–Crippen LogP) is 2.95. The number of allylic oxidation sites excluding steroid dienone is 1. The predicted molar refractivity (Wildman–Crippen MR) is 147 cm³/mol. The van der Waals surface area contributed by atoms with Crippen molar-refractivity contribution in [3.05, 3.63) is 35.8 Å². The van der Waals surface area contributed by atoms with Gasteiger partial charge in [-0.05, 0) is 38.8 Å². The van der Waals surface area contributed by atoms with E-state index in [2.05, 4.69) is 0 Å². The number of rotatable bonds is 5. The van der Waals surface area contributed by atoms with E-state index in [1.807, 2.05) is 13.8 Å². The summed E-state index contributed by atoms with van der Waals surface area (Å²) < 4.78 is 30.6. The lowest BCUT2D eigenvalue weighted by Gasteiger charge is -2.64. The molecule has 0 bridgehead atoms. The molecule has 1 unspecified atom stereocenters. The molecule has 2 saturated heterocycles. The van der Waals surface area contributed by atoms with Crippen LogP contribution in [0.4, 0.5) is 0 Å². The number of hydrogen-bond donors (Lipinski definition) is 2. The van der Waals surface area contributed by atoms with Gasteiger partial charge in [0.05, 0.1) is 42.9 Å². The fraction of sp³-hybridized carbons (Fsp3) is 0.719. The molecule has 0 aromatic carbocycles. The van der Waals surface area contributed by atoms with Crippen molar-refractivity contribution in [2.24, 2.45) is 33.5 Å². The number of ether oxygens (including phenoxy) is 4. The van der Waals surface area contributed by atoms with E-state index in [4.69, 9.17) is 23.4 Å². The van der Waals surface area contributed by atoms with Gasteiger partial charge in [-0.1, -0.05) is 26.8 Å². The van der Waals surface area contributed by atoms with Crippen LogP contribution in [0.5, 0.6) is 0 Å². The zero-order chi connectivity index (χ0) is 30.6. The van der Waals surface area contributed by atoms with Crippen molar-refractivity contribution in [1.29, 1.82) is 0 Å². The summed E-state index contributed by atoms with van der Waals surface area (Å²) in [6.45, 7) is 11.0. The Kier molecular flexibility index (Phi) is 6.59. The Morgan fingerprint density at radius 2 is 1.88 bits per heavy atom. The number of carbonyl (C=O) groups excluding carboxylic acids is 3. The summed E-state index contributed by atoms with van der Waals surface area (Å²) in [7, 11) is 1.57. The van der Waals surface area contributed by atoms with Crippen LogP contribution in [-0.2, 0) is 33.3 Å². The van der Waals surface area contributed by atoms with Crippen LogP contribution in [0.15, 0.2) is 34.7 Å². The summed E-state index contributed by atoms with van der Waals surface area (Å²) in [6.07, 6.45) is 0.563. The number of carbonyl (C=O) groups is 3. The molecule has 6 rings (SSSR count). The molecule has 10 nitrogen and oxygen atoms in total. The van der Waals surface area contributed by atoms with Crippen molar-refractivity contribution in [3.63, 3.8) is 0 Å². The smallest absolute Gasteiger partial charge is 0.333 e. The molecule has 3 heterocycles.